The van der Waals surface area contributed by atoms with E-state index in [2.05, 4.69) is 0 Å². The number of furan rings is 1. The number of nitro benzene ring substituents is 1. The lowest BCUT2D eigenvalue weighted by Crippen LogP contribution is -1.94. The average Bonchev–Trinajstić information content (AvgIpc) is 2.86. The Bertz CT molecular complexity index is 618. The zero-order valence-electron chi connectivity index (χ0n) is 9.86. The molecule has 0 unspecified atom stereocenters. The number of hydrogen-bond acceptors (Lipinski definition) is 6. The highest BCUT2D eigenvalue weighted by molar-refractivity contribution is 5.70. The predicted molar refractivity (Wildman–Crippen MR) is 63.8 cm³/mol. The number of benzene rings is 1. The second-order valence-corrected chi connectivity index (χ2v) is 3.47. The fraction of sp³-hybridized carbons (Fsp3) is 0.0833. The van der Waals surface area contributed by atoms with Gasteiger partial charge in [-0.1, -0.05) is 0 Å². The van der Waals surface area contributed by atoms with Gasteiger partial charge in [-0.25, -0.2) is 0 Å². The fourth-order valence-electron chi connectivity index (χ4n) is 1.44. The van der Waals surface area contributed by atoms with E-state index in [0.717, 1.165) is 0 Å². The topological polar surface area (TPSA) is 91.8 Å². The molecule has 7 heteroatoms. The van der Waals surface area contributed by atoms with Crippen LogP contribution in [0.1, 0.15) is 10.6 Å². The van der Waals surface area contributed by atoms with Gasteiger partial charge < -0.3 is 13.9 Å². The molecule has 0 radical (unpaired) electrons. The van der Waals surface area contributed by atoms with E-state index in [9.17, 15) is 14.9 Å². The minimum atomic E-state index is -0.579. The number of rotatable bonds is 5. The van der Waals surface area contributed by atoms with Crippen LogP contribution in [-0.2, 0) is 0 Å². The third kappa shape index (κ3) is 2.71. The van der Waals surface area contributed by atoms with Crippen molar-refractivity contribution < 1.29 is 23.6 Å². The molecule has 0 spiro atoms. The normalized spacial score (nSPS) is 9.95. The van der Waals surface area contributed by atoms with E-state index in [1.54, 1.807) is 0 Å². The number of aldehydes is 1. The van der Waals surface area contributed by atoms with Crippen LogP contribution in [0.4, 0.5) is 5.69 Å². The molecule has 0 N–H and O–H groups in total. The lowest BCUT2D eigenvalue weighted by Gasteiger charge is -2.04. The molecular formula is C12H9NO6. The second-order valence-electron chi connectivity index (χ2n) is 3.47. The maximum absolute atomic E-state index is 10.8. The number of carbonyl (C=O) groups is 1. The van der Waals surface area contributed by atoms with Gasteiger partial charge in [0, 0.05) is 6.07 Å². The largest absolute Gasteiger partial charge is 0.490 e. The van der Waals surface area contributed by atoms with Crippen LogP contribution in [0.15, 0.2) is 34.7 Å². The van der Waals surface area contributed by atoms with Crippen molar-refractivity contribution >= 4 is 12.0 Å². The van der Waals surface area contributed by atoms with Gasteiger partial charge in [0.05, 0.1) is 18.1 Å². The lowest BCUT2D eigenvalue weighted by atomic mass is 10.3. The standard InChI is InChI=1S/C12H9NO6/c1-17-11-4-2-8(6-10(11)13(15)16)18-12-5-3-9(7-14)19-12/h2-7H,1H3. The van der Waals surface area contributed by atoms with Crippen molar-refractivity contribution in [1.82, 2.24) is 0 Å². The highest BCUT2D eigenvalue weighted by Gasteiger charge is 2.16. The van der Waals surface area contributed by atoms with E-state index >= 15 is 0 Å². The SMILES string of the molecule is COc1ccc(Oc2ccc(C=O)o2)cc1[N+](=O)[O-]. The molecule has 19 heavy (non-hydrogen) atoms. The number of carbonyl (C=O) groups excluding carboxylic acids is 1. The Morgan fingerprint density at radius 1 is 1.32 bits per heavy atom. The zero-order chi connectivity index (χ0) is 13.8. The van der Waals surface area contributed by atoms with Gasteiger partial charge in [-0.05, 0) is 18.2 Å². The summed E-state index contributed by atoms with van der Waals surface area (Å²) in [6, 6.07) is 6.99. The summed E-state index contributed by atoms with van der Waals surface area (Å²) in [6.45, 7) is 0. The van der Waals surface area contributed by atoms with Crippen molar-refractivity contribution in [2.45, 2.75) is 0 Å². The van der Waals surface area contributed by atoms with Crippen molar-refractivity contribution in [2.75, 3.05) is 7.11 Å². The summed E-state index contributed by atoms with van der Waals surface area (Å²) in [5.41, 5.74) is -0.220. The van der Waals surface area contributed by atoms with Crippen LogP contribution >= 0.6 is 0 Å². The summed E-state index contributed by atoms with van der Waals surface area (Å²) in [6.07, 6.45) is 0.531. The number of nitro groups is 1. The fourth-order valence-corrected chi connectivity index (χ4v) is 1.44. The molecule has 2 aromatic rings. The van der Waals surface area contributed by atoms with Gasteiger partial charge in [0.15, 0.2) is 17.8 Å². The number of nitrogens with zero attached hydrogens (tertiary/aromatic N) is 1. The van der Waals surface area contributed by atoms with Crippen molar-refractivity contribution in [2.24, 2.45) is 0 Å². The average molecular weight is 263 g/mol. The predicted octanol–water partition coefficient (Wildman–Crippen LogP) is 2.80. The molecule has 0 aliphatic rings. The van der Waals surface area contributed by atoms with Crippen LogP contribution in [0, 0.1) is 10.1 Å². The number of hydrogen-bond donors (Lipinski definition) is 0. The third-order valence-electron chi connectivity index (χ3n) is 2.28. The van der Waals surface area contributed by atoms with Gasteiger partial charge in [-0.3, -0.25) is 14.9 Å². The molecule has 1 aromatic carbocycles. The Balaban J connectivity index is 2.28. The molecular weight excluding hydrogens is 254 g/mol. The zero-order valence-corrected chi connectivity index (χ0v) is 9.86. The second kappa shape index (κ2) is 5.21. The molecule has 2 rings (SSSR count). The summed E-state index contributed by atoms with van der Waals surface area (Å²) in [5, 5.41) is 10.8. The summed E-state index contributed by atoms with van der Waals surface area (Å²) < 4.78 is 15.1. The highest BCUT2D eigenvalue weighted by Crippen LogP contribution is 2.33. The summed E-state index contributed by atoms with van der Waals surface area (Å²) in [7, 11) is 1.34. The Kier molecular flexibility index (Phi) is 3.46. The van der Waals surface area contributed by atoms with E-state index in [4.69, 9.17) is 13.9 Å². The van der Waals surface area contributed by atoms with E-state index in [-0.39, 0.29) is 28.9 Å². The van der Waals surface area contributed by atoms with Crippen LogP contribution < -0.4 is 9.47 Å². The Hall–Kier alpha value is -2.83. The van der Waals surface area contributed by atoms with E-state index < -0.39 is 4.92 Å². The van der Waals surface area contributed by atoms with Crippen LogP contribution in [0.2, 0.25) is 0 Å². The van der Waals surface area contributed by atoms with Gasteiger partial charge >= 0.3 is 5.69 Å². The third-order valence-corrected chi connectivity index (χ3v) is 2.28. The molecule has 0 atom stereocenters. The molecule has 1 aromatic heterocycles. The molecule has 98 valence electrons. The quantitative estimate of drug-likeness (QED) is 0.468. The van der Waals surface area contributed by atoms with Gasteiger partial charge in [-0.15, -0.1) is 0 Å². The first-order valence-electron chi connectivity index (χ1n) is 5.19. The summed E-state index contributed by atoms with van der Waals surface area (Å²) in [5.74, 6) is 0.518. The maximum atomic E-state index is 10.8. The van der Waals surface area contributed by atoms with Crippen molar-refractivity contribution in [1.29, 1.82) is 0 Å². The number of ether oxygens (including phenoxy) is 2. The van der Waals surface area contributed by atoms with Gasteiger partial charge in [0.25, 0.3) is 5.95 Å². The first kappa shape index (κ1) is 12.6. The number of methoxy groups -OCH3 is 1. The Labute approximate surface area is 107 Å². The van der Waals surface area contributed by atoms with Crippen molar-refractivity contribution in [3.8, 4) is 17.4 Å². The first-order chi connectivity index (χ1) is 9.13. The molecule has 1 heterocycles. The van der Waals surface area contributed by atoms with Crippen molar-refractivity contribution in [3.05, 3.63) is 46.2 Å². The summed E-state index contributed by atoms with van der Waals surface area (Å²) >= 11 is 0. The van der Waals surface area contributed by atoms with E-state index in [1.165, 1.54) is 37.4 Å². The molecule has 0 aliphatic heterocycles. The molecule has 0 amide bonds. The monoisotopic (exact) mass is 263 g/mol. The Morgan fingerprint density at radius 2 is 2.11 bits per heavy atom. The minimum Gasteiger partial charge on any atom is -0.490 e. The molecule has 0 bridgehead atoms. The molecule has 0 saturated heterocycles. The molecule has 7 nitrogen and oxygen atoms in total. The minimum absolute atomic E-state index is 0.0709. The maximum Gasteiger partial charge on any atom is 0.314 e. The smallest absolute Gasteiger partial charge is 0.314 e. The van der Waals surface area contributed by atoms with Gasteiger partial charge in [-0.2, -0.15) is 0 Å². The van der Waals surface area contributed by atoms with Crippen molar-refractivity contribution in [3.63, 3.8) is 0 Å². The van der Waals surface area contributed by atoms with E-state index in [0.29, 0.717) is 6.29 Å². The Morgan fingerprint density at radius 3 is 2.68 bits per heavy atom. The highest BCUT2D eigenvalue weighted by atomic mass is 16.6. The van der Waals surface area contributed by atoms with Crippen LogP contribution in [0.3, 0.4) is 0 Å². The molecule has 0 fully saturated rings. The molecule has 0 aliphatic carbocycles. The van der Waals surface area contributed by atoms with Crippen LogP contribution in [0.25, 0.3) is 0 Å². The van der Waals surface area contributed by atoms with Gasteiger partial charge in [0.1, 0.15) is 5.75 Å². The lowest BCUT2D eigenvalue weighted by molar-refractivity contribution is -0.385. The summed E-state index contributed by atoms with van der Waals surface area (Å²) in [4.78, 5) is 20.7. The van der Waals surface area contributed by atoms with E-state index in [1.807, 2.05) is 0 Å². The molecule has 0 saturated carbocycles. The first-order valence-corrected chi connectivity index (χ1v) is 5.19. The van der Waals surface area contributed by atoms with Gasteiger partial charge in [0.2, 0.25) is 0 Å². The van der Waals surface area contributed by atoms with Crippen LogP contribution in [0.5, 0.6) is 17.4 Å². The van der Waals surface area contributed by atoms with Crippen LogP contribution in [-0.4, -0.2) is 18.3 Å².